The van der Waals surface area contributed by atoms with Crippen molar-refractivity contribution in [2.24, 2.45) is 11.7 Å². The molecule has 3 aliphatic rings. The van der Waals surface area contributed by atoms with Crippen LogP contribution in [0.5, 0.6) is 0 Å². The molecule has 2 heterocycles. The predicted molar refractivity (Wildman–Crippen MR) is 102 cm³/mol. The van der Waals surface area contributed by atoms with Crippen LogP contribution in [-0.2, 0) is 9.59 Å². The molecular formula is C21H29N3O2. The normalized spacial score (nSPS) is 28.5. The van der Waals surface area contributed by atoms with E-state index in [-0.39, 0.29) is 23.8 Å². The molecule has 1 aromatic carbocycles. The molecule has 4 rings (SSSR count). The average molecular weight is 355 g/mol. The highest BCUT2D eigenvalue weighted by Gasteiger charge is 2.36. The van der Waals surface area contributed by atoms with Gasteiger partial charge >= 0.3 is 0 Å². The van der Waals surface area contributed by atoms with Crippen molar-refractivity contribution in [2.75, 3.05) is 24.5 Å². The topological polar surface area (TPSA) is 66.6 Å². The SMILES string of the molecule is N[C@@H]1CCC[C@H](C(=O)N2C[C@H](CCN3CCCC3=O)c3ccccc32)C1. The fourth-order valence-electron chi connectivity index (χ4n) is 4.88. The van der Waals surface area contributed by atoms with E-state index in [1.54, 1.807) is 0 Å². The maximum absolute atomic E-state index is 13.2. The van der Waals surface area contributed by atoms with Crippen LogP contribution in [-0.4, -0.2) is 42.4 Å². The Kier molecular flexibility index (Phi) is 4.98. The minimum absolute atomic E-state index is 0.0608. The Morgan fingerprint density at radius 3 is 2.81 bits per heavy atom. The molecule has 0 spiro atoms. The molecule has 140 valence electrons. The van der Waals surface area contributed by atoms with E-state index in [0.717, 1.165) is 63.8 Å². The lowest BCUT2D eigenvalue weighted by Crippen LogP contribution is -2.40. The van der Waals surface area contributed by atoms with Crippen molar-refractivity contribution in [1.82, 2.24) is 4.90 Å². The molecule has 1 aliphatic carbocycles. The van der Waals surface area contributed by atoms with Gasteiger partial charge in [0.1, 0.15) is 0 Å². The van der Waals surface area contributed by atoms with Gasteiger partial charge in [-0.2, -0.15) is 0 Å². The Labute approximate surface area is 155 Å². The van der Waals surface area contributed by atoms with E-state index in [4.69, 9.17) is 5.73 Å². The quantitative estimate of drug-likeness (QED) is 0.903. The zero-order chi connectivity index (χ0) is 18.1. The molecule has 2 fully saturated rings. The second-order valence-electron chi connectivity index (χ2n) is 8.10. The number of benzene rings is 1. The number of para-hydroxylation sites is 1. The number of nitrogens with zero attached hydrogens (tertiary/aromatic N) is 2. The van der Waals surface area contributed by atoms with Gasteiger partial charge in [-0.3, -0.25) is 9.59 Å². The first-order valence-corrected chi connectivity index (χ1v) is 10.1. The molecule has 2 aliphatic heterocycles. The Hall–Kier alpha value is -1.88. The molecule has 1 aromatic rings. The molecule has 5 heteroatoms. The maximum Gasteiger partial charge on any atom is 0.230 e. The lowest BCUT2D eigenvalue weighted by atomic mass is 9.85. The highest BCUT2D eigenvalue weighted by molar-refractivity contribution is 5.97. The number of fused-ring (bicyclic) bond motifs is 1. The first-order valence-electron chi connectivity index (χ1n) is 10.1. The van der Waals surface area contributed by atoms with Crippen molar-refractivity contribution in [3.63, 3.8) is 0 Å². The number of amides is 2. The van der Waals surface area contributed by atoms with Gasteiger partial charge in [0.15, 0.2) is 0 Å². The monoisotopic (exact) mass is 355 g/mol. The molecule has 0 unspecified atom stereocenters. The molecule has 5 nitrogen and oxygen atoms in total. The maximum atomic E-state index is 13.2. The summed E-state index contributed by atoms with van der Waals surface area (Å²) >= 11 is 0. The van der Waals surface area contributed by atoms with Crippen LogP contribution in [0.15, 0.2) is 24.3 Å². The van der Waals surface area contributed by atoms with Gasteiger partial charge in [-0.15, -0.1) is 0 Å². The third kappa shape index (κ3) is 3.37. The van der Waals surface area contributed by atoms with Crippen molar-refractivity contribution < 1.29 is 9.59 Å². The van der Waals surface area contributed by atoms with Crippen LogP contribution >= 0.6 is 0 Å². The third-order valence-corrected chi connectivity index (χ3v) is 6.32. The summed E-state index contributed by atoms with van der Waals surface area (Å²) in [6, 6.07) is 8.44. The van der Waals surface area contributed by atoms with Crippen LogP contribution in [0, 0.1) is 5.92 Å². The molecular weight excluding hydrogens is 326 g/mol. The Balaban J connectivity index is 1.47. The number of carbonyl (C=O) groups excluding carboxylic acids is 2. The minimum atomic E-state index is 0.0608. The molecule has 2 N–H and O–H groups in total. The van der Waals surface area contributed by atoms with Gasteiger partial charge in [0.05, 0.1) is 0 Å². The van der Waals surface area contributed by atoms with Gasteiger partial charge in [-0.05, 0) is 43.7 Å². The van der Waals surface area contributed by atoms with Crippen LogP contribution in [0.3, 0.4) is 0 Å². The largest absolute Gasteiger partial charge is 0.343 e. The van der Waals surface area contributed by atoms with Crippen molar-refractivity contribution in [1.29, 1.82) is 0 Å². The summed E-state index contributed by atoms with van der Waals surface area (Å²) < 4.78 is 0. The van der Waals surface area contributed by atoms with Gasteiger partial charge in [-0.25, -0.2) is 0 Å². The number of rotatable bonds is 4. The smallest absolute Gasteiger partial charge is 0.230 e. The molecule has 2 amide bonds. The van der Waals surface area contributed by atoms with Gasteiger partial charge in [0.2, 0.25) is 11.8 Å². The number of anilines is 1. The van der Waals surface area contributed by atoms with Crippen LogP contribution in [0.1, 0.15) is 56.4 Å². The number of nitrogens with two attached hydrogens (primary N) is 1. The van der Waals surface area contributed by atoms with E-state index >= 15 is 0 Å². The standard InChI is InChI=1S/C21H29N3O2/c22-17-6-3-5-15(13-17)21(26)24-14-16(18-7-1-2-8-19(18)24)10-12-23-11-4-9-20(23)25/h1-2,7-8,15-17H,3-6,9-14,22H2/t15-,16-,17+/m0/s1. The number of hydrogen-bond acceptors (Lipinski definition) is 3. The van der Waals surface area contributed by atoms with E-state index in [2.05, 4.69) is 18.2 Å². The lowest BCUT2D eigenvalue weighted by molar-refractivity contribution is -0.128. The van der Waals surface area contributed by atoms with Gasteiger partial charge in [0, 0.05) is 49.6 Å². The second kappa shape index (κ2) is 7.39. The number of likely N-dealkylation sites (tertiary alicyclic amines) is 1. The summed E-state index contributed by atoms with van der Waals surface area (Å²) in [4.78, 5) is 29.0. The van der Waals surface area contributed by atoms with Crippen molar-refractivity contribution in [3.8, 4) is 0 Å². The summed E-state index contributed by atoms with van der Waals surface area (Å²) in [7, 11) is 0. The Bertz CT molecular complexity index is 690. The van der Waals surface area contributed by atoms with E-state index in [1.807, 2.05) is 15.9 Å². The summed E-state index contributed by atoms with van der Waals surface area (Å²) in [5.74, 6) is 0.902. The third-order valence-electron chi connectivity index (χ3n) is 6.32. The fraction of sp³-hybridized carbons (Fsp3) is 0.619. The highest BCUT2D eigenvalue weighted by atomic mass is 16.2. The van der Waals surface area contributed by atoms with Crippen LogP contribution in [0.4, 0.5) is 5.69 Å². The Morgan fingerprint density at radius 1 is 1.19 bits per heavy atom. The molecule has 3 atom stereocenters. The van der Waals surface area contributed by atoms with E-state index < -0.39 is 0 Å². The summed E-state index contributed by atoms with van der Waals surface area (Å²) in [5, 5.41) is 0. The Morgan fingerprint density at radius 2 is 2.04 bits per heavy atom. The predicted octanol–water partition coefficient (Wildman–Crippen LogP) is 2.65. The zero-order valence-corrected chi connectivity index (χ0v) is 15.4. The van der Waals surface area contributed by atoms with Crippen LogP contribution < -0.4 is 10.6 Å². The second-order valence-corrected chi connectivity index (χ2v) is 8.10. The first kappa shape index (κ1) is 17.5. The minimum Gasteiger partial charge on any atom is -0.343 e. The molecule has 26 heavy (non-hydrogen) atoms. The van der Waals surface area contributed by atoms with E-state index in [0.29, 0.717) is 12.3 Å². The molecule has 0 aromatic heterocycles. The summed E-state index contributed by atoms with van der Waals surface area (Å²) in [5.41, 5.74) is 8.43. The van der Waals surface area contributed by atoms with Crippen LogP contribution in [0.25, 0.3) is 0 Å². The zero-order valence-electron chi connectivity index (χ0n) is 15.4. The summed E-state index contributed by atoms with van der Waals surface area (Å²) in [6.07, 6.45) is 6.44. The van der Waals surface area contributed by atoms with Gasteiger partial charge in [-0.1, -0.05) is 24.6 Å². The average Bonchev–Trinajstić information content (AvgIpc) is 3.23. The van der Waals surface area contributed by atoms with Gasteiger partial charge in [0.25, 0.3) is 0 Å². The van der Waals surface area contributed by atoms with Crippen LogP contribution in [0.2, 0.25) is 0 Å². The molecule has 0 radical (unpaired) electrons. The molecule has 1 saturated carbocycles. The number of carbonyl (C=O) groups is 2. The number of hydrogen-bond donors (Lipinski definition) is 1. The van der Waals surface area contributed by atoms with Crippen molar-refractivity contribution >= 4 is 17.5 Å². The molecule has 0 bridgehead atoms. The van der Waals surface area contributed by atoms with Crippen molar-refractivity contribution in [3.05, 3.63) is 29.8 Å². The van der Waals surface area contributed by atoms with Crippen molar-refractivity contribution in [2.45, 2.75) is 56.9 Å². The first-order chi connectivity index (χ1) is 12.6. The summed E-state index contributed by atoms with van der Waals surface area (Å²) in [6.45, 7) is 2.43. The fourth-order valence-corrected chi connectivity index (χ4v) is 4.88. The van der Waals surface area contributed by atoms with E-state index in [1.165, 1.54) is 5.56 Å². The van der Waals surface area contributed by atoms with E-state index in [9.17, 15) is 9.59 Å². The van der Waals surface area contributed by atoms with Gasteiger partial charge < -0.3 is 15.5 Å². The molecule has 1 saturated heterocycles. The lowest BCUT2D eigenvalue weighted by Gasteiger charge is -2.30. The highest BCUT2D eigenvalue weighted by Crippen LogP contribution is 2.40.